The lowest BCUT2D eigenvalue weighted by atomic mass is 9.97. The van der Waals surface area contributed by atoms with Crippen LogP contribution >= 0.6 is 0 Å². The molecule has 0 amide bonds. The number of Topliss-reactive ketones (excluding diaryl/α,β-unsaturated/α-hetero) is 1. The summed E-state index contributed by atoms with van der Waals surface area (Å²) in [6.07, 6.45) is 1.85. The molecule has 1 heterocycles. The van der Waals surface area contributed by atoms with Crippen LogP contribution in [0.2, 0.25) is 0 Å². The number of aliphatic hydroxyl groups is 1. The molecule has 110 valence electrons. The normalized spacial score (nSPS) is 12.1. The Bertz CT molecular complexity index is 783. The van der Waals surface area contributed by atoms with Gasteiger partial charge in [-0.1, -0.05) is 42.5 Å². The van der Waals surface area contributed by atoms with Crippen LogP contribution in [0.3, 0.4) is 0 Å². The van der Waals surface area contributed by atoms with Gasteiger partial charge in [0, 0.05) is 11.1 Å². The maximum atomic E-state index is 12.5. The first-order chi connectivity index (χ1) is 10.7. The van der Waals surface area contributed by atoms with Crippen molar-refractivity contribution < 1.29 is 9.90 Å². The molecular formula is C17H15N3O2. The Labute approximate surface area is 127 Å². The van der Waals surface area contributed by atoms with Crippen LogP contribution in [0.15, 0.2) is 60.9 Å². The van der Waals surface area contributed by atoms with Crippen LogP contribution < -0.4 is 0 Å². The summed E-state index contributed by atoms with van der Waals surface area (Å²) in [4.78, 5) is 13.9. The molecule has 1 atom stereocenters. The van der Waals surface area contributed by atoms with Crippen LogP contribution in [0.1, 0.15) is 27.6 Å². The van der Waals surface area contributed by atoms with Gasteiger partial charge in [0.15, 0.2) is 5.78 Å². The zero-order chi connectivity index (χ0) is 15.5. The number of carbonyl (C=O) groups is 1. The molecule has 3 rings (SSSR count). The zero-order valence-electron chi connectivity index (χ0n) is 12.0. The fourth-order valence-corrected chi connectivity index (χ4v) is 2.30. The van der Waals surface area contributed by atoms with E-state index in [1.165, 1.54) is 4.80 Å². The third kappa shape index (κ3) is 2.66. The second kappa shape index (κ2) is 5.91. The molecule has 0 radical (unpaired) electrons. The van der Waals surface area contributed by atoms with Gasteiger partial charge in [0.05, 0.1) is 18.1 Å². The molecule has 0 fully saturated rings. The predicted molar refractivity (Wildman–Crippen MR) is 81.8 cm³/mol. The second-order valence-electron chi connectivity index (χ2n) is 5.01. The van der Waals surface area contributed by atoms with Gasteiger partial charge in [-0.3, -0.25) is 4.79 Å². The summed E-state index contributed by atoms with van der Waals surface area (Å²) < 4.78 is 0. The molecule has 0 spiro atoms. The molecule has 5 heteroatoms. The monoisotopic (exact) mass is 293 g/mol. The maximum absolute atomic E-state index is 12.5. The van der Waals surface area contributed by atoms with Gasteiger partial charge < -0.3 is 5.11 Å². The van der Waals surface area contributed by atoms with Crippen molar-refractivity contribution in [3.05, 3.63) is 77.6 Å². The Morgan fingerprint density at radius 2 is 1.77 bits per heavy atom. The molecular weight excluding hydrogens is 278 g/mol. The Morgan fingerprint density at radius 1 is 1.09 bits per heavy atom. The lowest BCUT2D eigenvalue weighted by Gasteiger charge is -2.15. The number of ketones is 1. The molecule has 0 bridgehead atoms. The summed E-state index contributed by atoms with van der Waals surface area (Å²) >= 11 is 0. The Kier molecular flexibility index (Phi) is 3.80. The topological polar surface area (TPSA) is 68.0 Å². The number of nitrogens with zero attached hydrogens (tertiary/aromatic N) is 3. The van der Waals surface area contributed by atoms with Gasteiger partial charge in [-0.05, 0) is 18.6 Å². The van der Waals surface area contributed by atoms with E-state index < -0.39 is 6.10 Å². The molecule has 2 aromatic carbocycles. The lowest BCUT2D eigenvalue weighted by Crippen LogP contribution is -2.16. The summed E-state index contributed by atoms with van der Waals surface area (Å²) in [6.45, 7) is 1.93. The number of carbonyl (C=O) groups excluding carboxylic acids is 1. The van der Waals surface area contributed by atoms with E-state index in [1.54, 1.807) is 42.7 Å². The first kappa shape index (κ1) is 14.2. The highest BCUT2D eigenvalue weighted by atomic mass is 16.3. The minimum atomic E-state index is -1.26. The summed E-state index contributed by atoms with van der Waals surface area (Å²) in [5, 5.41) is 18.7. The van der Waals surface area contributed by atoms with Crippen LogP contribution in [-0.2, 0) is 0 Å². The zero-order valence-corrected chi connectivity index (χ0v) is 12.0. The number of hydrogen-bond donors (Lipinski definition) is 1. The van der Waals surface area contributed by atoms with Crippen molar-refractivity contribution in [2.45, 2.75) is 13.0 Å². The van der Waals surface area contributed by atoms with Gasteiger partial charge in [-0.2, -0.15) is 15.0 Å². The molecule has 0 saturated carbocycles. The van der Waals surface area contributed by atoms with Crippen molar-refractivity contribution in [3.8, 4) is 5.69 Å². The first-order valence-corrected chi connectivity index (χ1v) is 6.91. The number of rotatable bonds is 4. The van der Waals surface area contributed by atoms with Gasteiger partial charge in [0.2, 0.25) is 0 Å². The number of aliphatic hydroxyl groups excluding tert-OH is 1. The third-order valence-corrected chi connectivity index (χ3v) is 3.42. The van der Waals surface area contributed by atoms with E-state index in [1.807, 2.05) is 25.1 Å². The molecule has 5 nitrogen and oxygen atoms in total. The van der Waals surface area contributed by atoms with E-state index in [-0.39, 0.29) is 5.78 Å². The Hall–Kier alpha value is -2.79. The molecule has 0 aliphatic heterocycles. The summed E-state index contributed by atoms with van der Waals surface area (Å²) in [5.41, 5.74) is 2.54. The number of hydrogen-bond acceptors (Lipinski definition) is 4. The fraction of sp³-hybridized carbons (Fsp3) is 0.118. The molecule has 3 aromatic rings. The van der Waals surface area contributed by atoms with E-state index in [0.29, 0.717) is 16.8 Å². The molecule has 1 unspecified atom stereocenters. The van der Waals surface area contributed by atoms with Crippen molar-refractivity contribution in [1.82, 2.24) is 15.0 Å². The smallest absolute Gasteiger partial charge is 0.195 e. The van der Waals surface area contributed by atoms with Gasteiger partial charge >= 0.3 is 0 Å². The van der Waals surface area contributed by atoms with E-state index in [4.69, 9.17) is 0 Å². The highest BCUT2D eigenvalue weighted by molar-refractivity contribution is 6.00. The molecule has 0 aliphatic rings. The minimum Gasteiger partial charge on any atom is -0.380 e. The van der Waals surface area contributed by atoms with E-state index in [9.17, 15) is 9.90 Å². The largest absolute Gasteiger partial charge is 0.380 e. The Balaban J connectivity index is 2.03. The maximum Gasteiger partial charge on any atom is 0.195 e. The fourth-order valence-electron chi connectivity index (χ4n) is 2.30. The van der Waals surface area contributed by atoms with Crippen LogP contribution in [-0.4, -0.2) is 25.9 Å². The standard InChI is InChI=1S/C17H15N3O2/c1-12-7-8-14(15(11-12)20-18-9-10-19-20)17(22)16(21)13-5-3-2-4-6-13/h2-11,17,22H,1H3. The number of aryl methyl sites for hydroxylation is 1. The van der Waals surface area contributed by atoms with Crippen LogP contribution in [0, 0.1) is 6.92 Å². The van der Waals surface area contributed by atoms with Crippen molar-refractivity contribution in [2.75, 3.05) is 0 Å². The number of aromatic nitrogens is 3. The quantitative estimate of drug-likeness (QED) is 0.750. The van der Waals surface area contributed by atoms with Crippen LogP contribution in [0.5, 0.6) is 0 Å². The highest BCUT2D eigenvalue weighted by Crippen LogP contribution is 2.25. The van der Waals surface area contributed by atoms with Gasteiger partial charge in [0.25, 0.3) is 0 Å². The van der Waals surface area contributed by atoms with Gasteiger partial charge in [-0.15, -0.1) is 0 Å². The molecule has 1 N–H and O–H groups in total. The van der Waals surface area contributed by atoms with Gasteiger partial charge in [0.1, 0.15) is 6.10 Å². The molecule has 0 saturated heterocycles. The lowest BCUT2D eigenvalue weighted by molar-refractivity contribution is 0.0747. The van der Waals surface area contributed by atoms with E-state index >= 15 is 0 Å². The van der Waals surface area contributed by atoms with Crippen LogP contribution in [0.25, 0.3) is 5.69 Å². The average molecular weight is 293 g/mol. The van der Waals surface area contributed by atoms with Crippen molar-refractivity contribution >= 4 is 5.78 Å². The van der Waals surface area contributed by atoms with Crippen molar-refractivity contribution in [3.63, 3.8) is 0 Å². The minimum absolute atomic E-state index is 0.349. The molecule has 0 aliphatic carbocycles. The molecule has 1 aromatic heterocycles. The molecule has 22 heavy (non-hydrogen) atoms. The summed E-state index contributed by atoms with van der Waals surface area (Å²) in [7, 11) is 0. The van der Waals surface area contributed by atoms with Crippen molar-refractivity contribution in [1.29, 1.82) is 0 Å². The number of benzene rings is 2. The second-order valence-corrected chi connectivity index (χ2v) is 5.01. The Morgan fingerprint density at radius 3 is 2.45 bits per heavy atom. The predicted octanol–water partition coefficient (Wildman–Crippen LogP) is 2.49. The summed E-state index contributed by atoms with van der Waals surface area (Å²) in [6, 6.07) is 14.2. The van der Waals surface area contributed by atoms with Crippen LogP contribution in [0.4, 0.5) is 0 Å². The van der Waals surface area contributed by atoms with E-state index in [2.05, 4.69) is 10.2 Å². The van der Waals surface area contributed by atoms with Crippen molar-refractivity contribution in [2.24, 2.45) is 0 Å². The SMILES string of the molecule is Cc1ccc(C(O)C(=O)c2ccccc2)c(-n2nccn2)c1. The summed E-state index contributed by atoms with van der Waals surface area (Å²) in [5.74, 6) is -0.349. The highest BCUT2D eigenvalue weighted by Gasteiger charge is 2.23. The van der Waals surface area contributed by atoms with Gasteiger partial charge in [-0.25, -0.2) is 0 Å². The average Bonchev–Trinajstić information content (AvgIpc) is 3.08. The third-order valence-electron chi connectivity index (χ3n) is 3.42. The van der Waals surface area contributed by atoms with E-state index in [0.717, 1.165) is 5.56 Å². The first-order valence-electron chi connectivity index (χ1n) is 6.91.